The average Bonchev–Trinajstić information content (AvgIpc) is 3.22. The lowest BCUT2D eigenvalue weighted by atomic mass is 9.98. The number of nitrogens with zero attached hydrogens (tertiary/aromatic N) is 2. The van der Waals surface area contributed by atoms with Gasteiger partial charge in [-0.3, -0.25) is 14.2 Å². The molecule has 0 saturated carbocycles. The fourth-order valence-corrected chi connectivity index (χ4v) is 3.29. The van der Waals surface area contributed by atoms with Gasteiger partial charge in [-0.2, -0.15) is 0 Å². The molecule has 0 spiro atoms. The van der Waals surface area contributed by atoms with Crippen LogP contribution in [0.5, 0.6) is 0 Å². The van der Waals surface area contributed by atoms with Crippen LogP contribution in [-0.4, -0.2) is 28.1 Å². The van der Waals surface area contributed by atoms with Gasteiger partial charge in [0.05, 0.1) is 6.42 Å². The Hall–Kier alpha value is -3.15. The number of esters is 1. The third-order valence-corrected chi connectivity index (χ3v) is 4.78. The normalized spacial score (nSPS) is 12.0. The fourth-order valence-electron chi connectivity index (χ4n) is 3.29. The van der Waals surface area contributed by atoms with Gasteiger partial charge in [-0.05, 0) is 38.3 Å². The van der Waals surface area contributed by atoms with Crippen LogP contribution in [0.25, 0.3) is 5.82 Å². The number of aromatic nitrogens is 2. The van der Waals surface area contributed by atoms with Crippen LogP contribution in [0.4, 0.5) is 0 Å². The van der Waals surface area contributed by atoms with Crippen LogP contribution in [0.1, 0.15) is 52.3 Å². The molecule has 0 radical (unpaired) electrons. The van der Waals surface area contributed by atoms with Crippen molar-refractivity contribution in [1.82, 2.24) is 9.72 Å². The fraction of sp³-hybridized carbons (Fsp3) is 0.318. The van der Waals surface area contributed by atoms with E-state index < -0.39 is 0 Å². The van der Waals surface area contributed by atoms with Crippen molar-refractivity contribution in [3.8, 4) is 5.82 Å². The number of Topliss-reactive ketones (excluding diaryl/α,β-unsaturated/α-hetero) is 1. The summed E-state index contributed by atoms with van der Waals surface area (Å²) in [6, 6.07) is 13.3. The van der Waals surface area contributed by atoms with Crippen LogP contribution in [0.2, 0.25) is 0 Å². The molecule has 0 aliphatic carbocycles. The highest BCUT2D eigenvalue weighted by molar-refractivity contribution is 5.99. The zero-order chi connectivity index (χ0) is 20.3. The zero-order valence-corrected chi connectivity index (χ0v) is 16.6. The molecule has 6 heteroatoms. The molecular formula is C22H24N2O4. The quantitative estimate of drug-likeness (QED) is 0.451. The Bertz CT molecular complexity index is 985. The van der Waals surface area contributed by atoms with Gasteiger partial charge in [-0.25, -0.2) is 0 Å². The van der Waals surface area contributed by atoms with Crippen LogP contribution in [-0.2, 0) is 9.53 Å². The molecule has 6 nitrogen and oxygen atoms in total. The van der Waals surface area contributed by atoms with Crippen molar-refractivity contribution in [1.29, 1.82) is 0 Å². The lowest BCUT2D eigenvalue weighted by molar-refractivity contribution is -0.142. The number of benzene rings is 1. The van der Waals surface area contributed by atoms with Crippen LogP contribution >= 0.6 is 0 Å². The first-order valence-corrected chi connectivity index (χ1v) is 9.23. The van der Waals surface area contributed by atoms with Gasteiger partial charge in [0, 0.05) is 23.0 Å². The van der Waals surface area contributed by atoms with Gasteiger partial charge in [0.15, 0.2) is 12.4 Å². The number of hydrogen-bond donors (Lipinski definition) is 0. The van der Waals surface area contributed by atoms with Gasteiger partial charge in [0.25, 0.3) is 0 Å². The van der Waals surface area contributed by atoms with Crippen molar-refractivity contribution >= 4 is 11.8 Å². The van der Waals surface area contributed by atoms with E-state index in [1.807, 2.05) is 62.6 Å². The molecular weight excluding hydrogens is 356 g/mol. The Morgan fingerprint density at radius 2 is 1.86 bits per heavy atom. The number of rotatable bonds is 7. The minimum atomic E-state index is -0.384. The monoisotopic (exact) mass is 380 g/mol. The Balaban J connectivity index is 1.63. The third-order valence-electron chi connectivity index (χ3n) is 4.78. The van der Waals surface area contributed by atoms with E-state index in [1.54, 1.807) is 12.1 Å². The smallest absolute Gasteiger partial charge is 0.306 e. The number of aryl methyl sites for hydroxylation is 2. The summed E-state index contributed by atoms with van der Waals surface area (Å²) < 4.78 is 12.2. The van der Waals surface area contributed by atoms with Crippen LogP contribution in [0.15, 0.2) is 47.0 Å². The highest BCUT2D eigenvalue weighted by Gasteiger charge is 2.20. The van der Waals surface area contributed by atoms with Gasteiger partial charge < -0.3 is 9.26 Å². The molecule has 2 aromatic heterocycles. The Morgan fingerprint density at radius 3 is 2.50 bits per heavy atom. The predicted octanol–water partition coefficient (Wildman–Crippen LogP) is 4.31. The van der Waals surface area contributed by atoms with Gasteiger partial charge in [0.2, 0.25) is 5.78 Å². The molecule has 0 amide bonds. The Labute approximate surface area is 164 Å². The lowest BCUT2D eigenvalue weighted by Gasteiger charge is -2.11. The molecule has 28 heavy (non-hydrogen) atoms. The topological polar surface area (TPSA) is 74.3 Å². The van der Waals surface area contributed by atoms with Crippen molar-refractivity contribution in [2.45, 2.75) is 40.0 Å². The molecule has 0 N–H and O–H groups in total. The van der Waals surface area contributed by atoms with E-state index in [2.05, 4.69) is 5.16 Å². The summed E-state index contributed by atoms with van der Waals surface area (Å²) in [6.45, 7) is 7.23. The van der Waals surface area contributed by atoms with Crippen molar-refractivity contribution in [2.24, 2.45) is 0 Å². The largest absolute Gasteiger partial charge is 0.457 e. The van der Waals surface area contributed by atoms with E-state index in [4.69, 9.17) is 9.26 Å². The number of carbonyl (C=O) groups excluding carboxylic acids is 2. The summed E-state index contributed by atoms with van der Waals surface area (Å²) >= 11 is 0. The molecule has 146 valence electrons. The number of ketones is 1. The molecule has 0 saturated heterocycles. The second-order valence-electron chi connectivity index (χ2n) is 7.02. The summed E-state index contributed by atoms with van der Waals surface area (Å²) in [5, 5.41) is 4.01. The molecule has 1 unspecified atom stereocenters. The SMILES string of the molecule is Cc1cc(-n2c(C)cc(C(=O)COC(=O)CC(C)c3ccccc3)c2C)no1. The average molecular weight is 380 g/mol. The minimum absolute atomic E-state index is 0.0317. The minimum Gasteiger partial charge on any atom is -0.457 e. The molecule has 3 aromatic rings. The maximum atomic E-state index is 12.6. The van der Waals surface area contributed by atoms with E-state index in [9.17, 15) is 9.59 Å². The molecule has 1 aromatic carbocycles. The molecule has 0 bridgehead atoms. The lowest BCUT2D eigenvalue weighted by Crippen LogP contribution is -2.16. The molecule has 0 aliphatic rings. The van der Waals surface area contributed by atoms with E-state index in [-0.39, 0.29) is 30.7 Å². The van der Waals surface area contributed by atoms with Crippen molar-refractivity contribution in [3.05, 3.63) is 70.7 Å². The first-order chi connectivity index (χ1) is 13.4. The van der Waals surface area contributed by atoms with Crippen LogP contribution in [0.3, 0.4) is 0 Å². The number of ether oxygens (including phenoxy) is 1. The van der Waals surface area contributed by atoms with E-state index in [1.165, 1.54) is 0 Å². The summed E-state index contributed by atoms with van der Waals surface area (Å²) in [7, 11) is 0. The van der Waals surface area contributed by atoms with Crippen LogP contribution < -0.4 is 0 Å². The van der Waals surface area contributed by atoms with Gasteiger partial charge in [-0.15, -0.1) is 0 Å². The third kappa shape index (κ3) is 4.22. The molecule has 3 rings (SSSR count). The van der Waals surface area contributed by atoms with E-state index in [0.717, 1.165) is 17.0 Å². The summed E-state index contributed by atoms with van der Waals surface area (Å²) in [6.07, 6.45) is 0.231. The standard InChI is InChI=1S/C22H24N2O4/c1-14(18-8-6-5-7-9-18)10-22(26)27-13-20(25)19-11-15(2)24(17(19)4)21-12-16(3)28-23-21/h5-9,11-12,14H,10,13H2,1-4H3. The zero-order valence-electron chi connectivity index (χ0n) is 16.6. The summed E-state index contributed by atoms with van der Waals surface area (Å²) in [5.41, 5.74) is 3.18. The highest BCUT2D eigenvalue weighted by Crippen LogP contribution is 2.22. The predicted molar refractivity (Wildman–Crippen MR) is 105 cm³/mol. The van der Waals surface area contributed by atoms with Crippen molar-refractivity contribution < 1.29 is 18.8 Å². The Kier molecular flexibility index (Phi) is 5.78. The van der Waals surface area contributed by atoms with E-state index in [0.29, 0.717) is 17.1 Å². The molecule has 0 fully saturated rings. The van der Waals surface area contributed by atoms with Crippen molar-refractivity contribution in [3.63, 3.8) is 0 Å². The highest BCUT2D eigenvalue weighted by atomic mass is 16.5. The van der Waals surface area contributed by atoms with Gasteiger partial charge in [-0.1, -0.05) is 42.4 Å². The summed E-state index contributed by atoms with van der Waals surface area (Å²) in [5.74, 6) is 0.729. The number of carbonyl (C=O) groups is 2. The first kappa shape index (κ1) is 19.6. The molecule has 1 atom stereocenters. The van der Waals surface area contributed by atoms with Gasteiger partial charge in [0.1, 0.15) is 5.76 Å². The second-order valence-corrected chi connectivity index (χ2v) is 7.02. The van der Waals surface area contributed by atoms with Crippen LogP contribution in [0, 0.1) is 20.8 Å². The second kappa shape index (κ2) is 8.25. The molecule has 2 heterocycles. The Morgan fingerprint density at radius 1 is 1.14 bits per heavy atom. The summed E-state index contributed by atoms with van der Waals surface area (Å²) in [4.78, 5) is 24.7. The van der Waals surface area contributed by atoms with Crippen molar-refractivity contribution in [2.75, 3.05) is 6.61 Å². The number of hydrogen-bond acceptors (Lipinski definition) is 5. The molecule has 0 aliphatic heterocycles. The maximum Gasteiger partial charge on any atom is 0.306 e. The van der Waals surface area contributed by atoms with E-state index >= 15 is 0 Å². The maximum absolute atomic E-state index is 12.6. The van der Waals surface area contributed by atoms with Gasteiger partial charge >= 0.3 is 5.97 Å². The first-order valence-electron chi connectivity index (χ1n) is 9.23.